The van der Waals surface area contributed by atoms with Gasteiger partial charge in [0.1, 0.15) is 18.2 Å². The van der Waals surface area contributed by atoms with E-state index in [1.54, 1.807) is 29.8 Å². The van der Waals surface area contributed by atoms with Crippen molar-refractivity contribution in [2.24, 2.45) is 0 Å². The highest BCUT2D eigenvalue weighted by atomic mass is 32.1. The maximum atomic E-state index is 14.9. The van der Waals surface area contributed by atoms with Crippen molar-refractivity contribution < 1.29 is 23.1 Å². The highest BCUT2D eigenvalue weighted by molar-refractivity contribution is 7.13. The second-order valence-corrected chi connectivity index (χ2v) is 8.69. The molecule has 0 saturated carbocycles. The molecule has 2 aromatic carbocycles. The lowest BCUT2D eigenvalue weighted by Crippen LogP contribution is -2.36. The number of ether oxygens (including phenoxy) is 1. The summed E-state index contributed by atoms with van der Waals surface area (Å²) in [5.74, 6) is -1.82. The molecule has 7 nitrogen and oxygen atoms in total. The van der Waals surface area contributed by atoms with Crippen LogP contribution >= 0.6 is 11.3 Å². The molecular weight excluding hydrogens is 450 g/mol. The van der Waals surface area contributed by atoms with E-state index in [9.17, 15) is 18.4 Å². The third-order valence-electron chi connectivity index (χ3n) is 5.71. The number of amides is 2. The van der Waals surface area contributed by atoms with Gasteiger partial charge in [0.05, 0.1) is 25.4 Å². The van der Waals surface area contributed by atoms with Gasteiger partial charge in [-0.3, -0.25) is 9.59 Å². The molecule has 2 amide bonds. The van der Waals surface area contributed by atoms with Crippen LogP contribution in [0.4, 0.5) is 19.6 Å². The molecule has 1 N–H and O–H groups in total. The molecule has 2 aliphatic heterocycles. The molecule has 0 atom stereocenters. The summed E-state index contributed by atoms with van der Waals surface area (Å²) in [6.45, 7) is 2.06. The van der Waals surface area contributed by atoms with Gasteiger partial charge in [0.15, 0.2) is 5.13 Å². The van der Waals surface area contributed by atoms with Crippen LogP contribution in [-0.2, 0) is 16.1 Å². The number of carbonyl (C=O) groups is 2. The fourth-order valence-electron chi connectivity index (χ4n) is 4.08. The minimum Gasteiger partial charge on any atom is -0.378 e. The first-order valence-corrected chi connectivity index (χ1v) is 11.3. The molecule has 170 valence electrons. The van der Waals surface area contributed by atoms with E-state index in [4.69, 9.17) is 4.74 Å². The smallest absolute Gasteiger partial charge is 0.255 e. The Bertz CT molecular complexity index is 1210. The van der Waals surface area contributed by atoms with E-state index in [1.165, 1.54) is 28.4 Å². The molecule has 33 heavy (non-hydrogen) atoms. The van der Waals surface area contributed by atoms with Gasteiger partial charge in [-0.25, -0.2) is 13.8 Å². The van der Waals surface area contributed by atoms with Crippen LogP contribution in [0.25, 0.3) is 11.1 Å². The third kappa shape index (κ3) is 4.31. The van der Waals surface area contributed by atoms with Gasteiger partial charge in [0, 0.05) is 35.8 Å². The number of morpholine rings is 1. The van der Waals surface area contributed by atoms with Crippen molar-refractivity contribution in [1.29, 1.82) is 0 Å². The van der Waals surface area contributed by atoms with Crippen molar-refractivity contribution in [3.8, 4) is 11.1 Å². The molecular formula is C23H20F2N4O3S. The predicted octanol–water partition coefficient (Wildman–Crippen LogP) is 3.52. The summed E-state index contributed by atoms with van der Waals surface area (Å²) in [5.41, 5.74) is 1.76. The number of hydrogen-bond acceptors (Lipinski definition) is 6. The van der Waals surface area contributed by atoms with Gasteiger partial charge in [-0.2, -0.15) is 0 Å². The molecule has 2 aliphatic rings. The van der Waals surface area contributed by atoms with Crippen LogP contribution in [0.15, 0.2) is 41.9 Å². The number of benzene rings is 2. The average Bonchev–Trinajstić information content (AvgIpc) is 3.43. The van der Waals surface area contributed by atoms with Gasteiger partial charge in [-0.05, 0) is 35.4 Å². The summed E-state index contributed by atoms with van der Waals surface area (Å²) in [6, 6.07) is 7.59. The molecule has 5 rings (SSSR count). The number of carbonyl (C=O) groups excluding carboxylic acids is 2. The van der Waals surface area contributed by atoms with Gasteiger partial charge in [-0.15, -0.1) is 11.3 Å². The second-order valence-electron chi connectivity index (χ2n) is 7.80. The first-order chi connectivity index (χ1) is 16.0. The summed E-state index contributed by atoms with van der Waals surface area (Å²) in [6.07, 6.45) is 1.56. The van der Waals surface area contributed by atoms with E-state index in [-0.39, 0.29) is 24.2 Å². The van der Waals surface area contributed by atoms with Crippen molar-refractivity contribution >= 4 is 34.0 Å². The molecule has 0 bridgehead atoms. The summed E-state index contributed by atoms with van der Waals surface area (Å²) in [4.78, 5) is 32.3. The number of aromatic nitrogens is 1. The van der Waals surface area contributed by atoms with E-state index >= 15 is 0 Å². The zero-order valence-corrected chi connectivity index (χ0v) is 18.3. The Morgan fingerprint density at radius 1 is 1.12 bits per heavy atom. The van der Waals surface area contributed by atoms with Crippen molar-refractivity contribution in [3.63, 3.8) is 0 Å². The average molecular weight is 471 g/mol. The summed E-state index contributed by atoms with van der Waals surface area (Å²) < 4.78 is 35.0. The Labute approximate surface area is 192 Å². The Balaban J connectivity index is 1.35. The number of hydrogen-bond donors (Lipinski definition) is 1. The summed E-state index contributed by atoms with van der Waals surface area (Å²) in [7, 11) is 0. The quantitative estimate of drug-likeness (QED) is 0.618. The van der Waals surface area contributed by atoms with Gasteiger partial charge in [0.2, 0.25) is 5.91 Å². The number of rotatable bonds is 5. The maximum Gasteiger partial charge on any atom is 0.255 e. The van der Waals surface area contributed by atoms with Crippen LogP contribution in [0.1, 0.15) is 15.9 Å². The van der Waals surface area contributed by atoms with Crippen molar-refractivity contribution in [2.75, 3.05) is 43.1 Å². The van der Waals surface area contributed by atoms with Gasteiger partial charge in [0.25, 0.3) is 5.91 Å². The van der Waals surface area contributed by atoms with Crippen LogP contribution in [0.5, 0.6) is 0 Å². The first kappa shape index (κ1) is 21.5. The Morgan fingerprint density at radius 3 is 2.64 bits per heavy atom. The van der Waals surface area contributed by atoms with E-state index in [0.29, 0.717) is 48.2 Å². The number of nitrogens with one attached hydrogen (secondary N) is 1. The van der Waals surface area contributed by atoms with Crippen molar-refractivity contribution in [2.45, 2.75) is 6.54 Å². The minimum atomic E-state index is -0.559. The van der Waals surface area contributed by atoms with Gasteiger partial charge < -0.3 is 19.9 Å². The fourth-order valence-corrected chi connectivity index (χ4v) is 4.63. The molecule has 10 heteroatoms. The summed E-state index contributed by atoms with van der Waals surface area (Å²) >= 11 is 1.26. The van der Waals surface area contributed by atoms with E-state index in [0.717, 1.165) is 0 Å². The molecule has 3 heterocycles. The lowest BCUT2D eigenvalue weighted by atomic mass is 9.99. The zero-order valence-electron chi connectivity index (χ0n) is 17.5. The third-order valence-corrected chi connectivity index (χ3v) is 6.40. The SMILES string of the molecule is O=C(CN1Cc2c(F)cc(-c3ccc(N4CCOCC4)c(F)c3)cc2C1=O)Nc1nccs1. The Hall–Kier alpha value is -3.37. The van der Waals surface area contributed by atoms with E-state index in [1.807, 2.05) is 4.90 Å². The maximum absolute atomic E-state index is 14.9. The number of nitrogens with zero attached hydrogens (tertiary/aromatic N) is 3. The number of halogens is 2. The highest BCUT2D eigenvalue weighted by Gasteiger charge is 2.32. The molecule has 1 aromatic heterocycles. The molecule has 0 radical (unpaired) electrons. The molecule has 1 fully saturated rings. The van der Waals surface area contributed by atoms with Crippen LogP contribution in [-0.4, -0.2) is 54.5 Å². The lowest BCUT2D eigenvalue weighted by Gasteiger charge is -2.29. The zero-order chi connectivity index (χ0) is 22.9. The van der Waals surface area contributed by atoms with E-state index < -0.39 is 23.4 Å². The number of fused-ring (bicyclic) bond motifs is 1. The Kier molecular flexibility index (Phi) is 5.77. The molecule has 0 spiro atoms. The molecule has 3 aromatic rings. The predicted molar refractivity (Wildman–Crippen MR) is 120 cm³/mol. The largest absolute Gasteiger partial charge is 0.378 e. The summed E-state index contributed by atoms with van der Waals surface area (Å²) in [5, 5.41) is 4.77. The molecule has 0 unspecified atom stereocenters. The van der Waals surface area contributed by atoms with Gasteiger partial charge in [-0.1, -0.05) is 6.07 Å². The minimum absolute atomic E-state index is 0.00407. The van der Waals surface area contributed by atoms with Crippen molar-refractivity contribution in [1.82, 2.24) is 9.88 Å². The standard InChI is InChI=1S/C23H20F2N4O3S/c24-18-11-15(14-1-2-20(19(25)10-14)28-4-6-32-7-5-28)9-16-17(18)12-29(22(16)31)13-21(30)27-23-26-3-8-33-23/h1-3,8-11H,4-7,12-13H2,(H,26,27,30). The van der Waals surface area contributed by atoms with Crippen LogP contribution in [0.3, 0.4) is 0 Å². The topological polar surface area (TPSA) is 74.8 Å². The normalized spacial score (nSPS) is 15.6. The first-order valence-electron chi connectivity index (χ1n) is 10.4. The fraction of sp³-hybridized carbons (Fsp3) is 0.261. The van der Waals surface area contributed by atoms with Crippen LogP contribution in [0.2, 0.25) is 0 Å². The van der Waals surface area contributed by atoms with Crippen molar-refractivity contribution in [3.05, 3.63) is 64.7 Å². The lowest BCUT2D eigenvalue weighted by molar-refractivity contribution is -0.116. The number of anilines is 2. The highest BCUT2D eigenvalue weighted by Crippen LogP contribution is 2.33. The van der Waals surface area contributed by atoms with Crippen LogP contribution in [0, 0.1) is 11.6 Å². The second kappa shape index (κ2) is 8.87. The molecule has 1 saturated heterocycles. The van der Waals surface area contributed by atoms with Crippen LogP contribution < -0.4 is 10.2 Å². The van der Waals surface area contributed by atoms with Gasteiger partial charge >= 0.3 is 0 Å². The Morgan fingerprint density at radius 2 is 1.91 bits per heavy atom. The monoisotopic (exact) mass is 470 g/mol. The molecule has 0 aliphatic carbocycles. The number of thiazole rings is 1. The van der Waals surface area contributed by atoms with E-state index in [2.05, 4.69) is 10.3 Å².